The van der Waals surface area contributed by atoms with Crippen LogP contribution in [-0.4, -0.2) is 34.3 Å². The fraction of sp³-hybridized carbons (Fsp3) is 0.231. The molecule has 4 rings (SSSR count). The number of halogens is 2. The summed E-state index contributed by atoms with van der Waals surface area (Å²) in [5.41, 5.74) is 7.45. The van der Waals surface area contributed by atoms with Crippen LogP contribution in [0.5, 0.6) is 5.75 Å². The number of benzene rings is 2. The van der Waals surface area contributed by atoms with E-state index in [9.17, 15) is 9.59 Å². The third kappa shape index (κ3) is 4.94. The number of amides is 1. The van der Waals surface area contributed by atoms with Crippen molar-refractivity contribution in [2.24, 2.45) is 0 Å². The van der Waals surface area contributed by atoms with E-state index < -0.39 is 5.97 Å². The van der Waals surface area contributed by atoms with Crippen LogP contribution in [0.15, 0.2) is 53.0 Å². The van der Waals surface area contributed by atoms with E-state index in [2.05, 4.69) is 21.4 Å². The van der Waals surface area contributed by atoms with Crippen LogP contribution in [0.4, 0.5) is 0 Å². The van der Waals surface area contributed by atoms with Crippen molar-refractivity contribution in [3.8, 4) is 11.4 Å². The second-order valence-electron chi connectivity index (χ2n) is 8.07. The lowest BCUT2D eigenvalue weighted by atomic mass is 10.1. The lowest BCUT2D eigenvalue weighted by Crippen LogP contribution is -2.29. The van der Waals surface area contributed by atoms with Gasteiger partial charge >= 0.3 is 5.97 Å². The Morgan fingerprint density at radius 1 is 1.03 bits per heavy atom. The maximum absolute atomic E-state index is 12.9. The van der Waals surface area contributed by atoms with E-state index in [4.69, 9.17) is 21.1 Å². The number of rotatable bonds is 7. The van der Waals surface area contributed by atoms with Crippen LogP contribution in [0.3, 0.4) is 0 Å². The third-order valence-corrected chi connectivity index (χ3v) is 6.56. The molecule has 0 radical (unpaired) electrons. The van der Waals surface area contributed by atoms with E-state index in [1.54, 1.807) is 29.8 Å². The largest absolute Gasteiger partial charge is 0.482 e. The fourth-order valence-corrected chi connectivity index (χ4v) is 4.63. The topological polar surface area (TPSA) is 74.5 Å². The van der Waals surface area contributed by atoms with Gasteiger partial charge in [-0.15, -0.1) is 0 Å². The zero-order chi connectivity index (χ0) is 25.3. The normalized spacial score (nSPS) is 11.0. The molecule has 9 heteroatoms. The van der Waals surface area contributed by atoms with Crippen LogP contribution in [0.25, 0.3) is 16.6 Å². The summed E-state index contributed by atoms with van der Waals surface area (Å²) in [6.07, 6.45) is 0. The molecule has 182 valence electrons. The molecule has 2 aromatic heterocycles. The molecule has 0 aliphatic heterocycles. The fourth-order valence-electron chi connectivity index (χ4n) is 4.06. The minimum atomic E-state index is -0.424. The van der Waals surface area contributed by atoms with E-state index in [1.165, 1.54) is 0 Å². The second-order valence-corrected chi connectivity index (χ2v) is 9.36. The molecule has 0 atom stereocenters. The van der Waals surface area contributed by atoms with Gasteiger partial charge in [0.1, 0.15) is 5.75 Å². The molecular formula is C26H25BrClN3O4. The minimum absolute atomic E-state index is 0.202. The van der Waals surface area contributed by atoms with Gasteiger partial charge in [-0.25, -0.2) is 4.79 Å². The molecule has 2 aromatic carbocycles. The summed E-state index contributed by atoms with van der Waals surface area (Å²) in [5.74, 6) is -0.292. The average molecular weight is 559 g/mol. The van der Waals surface area contributed by atoms with Gasteiger partial charge in [-0.3, -0.25) is 14.9 Å². The zero-order valence-electron chi connectivity index (χ0n) is 19.8. The summed E-state index contributed by atoms with van der Waals surface area (Å²) in [4.78, 5) is 25.4. The number of carbonyl (C=O) groups excluding carboxylic acids is 2. The highest BCUT2D eigenvalue weighted by atomic mass is 79.9. The SMILES string of the molecule is CCOC(=O)c1c(C)n(-c2ccc(Cl)cc2)c2cc(Br)c(OCC(=O)Nn3c(C)ccc3C)cc12. The Kier molecular flexibility index (Phi) is 7.23. The van der Waals surface area contributed by atoms with E-state index in [1.807, 2.05) is 55.7 Å². The summed E-state index contributed by atoms with van der Waals surface area (Å²) in [7, 11) is 0. The van der Waals surface area contributed by atoms with E-state index in [-0.39, 0.29) is 19.1 Å². The van der Waals surface area contributed by atoms with Crippen LogP contribution in [0.2, 0.25) is 5.02 Å². The number of aryl methyl sites for hydroxylation is 2. The molecule has 0 fully saturated rings. The van der Waals surface area contributed by atoms with Gasteiger partial charge in [0.05, 0.1) is 22.2 Å². The molecule has 2 heterocycles. The third-order valence-electron chi connectivity index (χ3n) is 5.69. The minimum Gasteiger partial charge on any atom is -0.482 e. The first-order valence-electron chi connectivity index (χ1n) is 11.1. The van der Waals surface area contributed by atoms with Crippen molar-refractivity contribution in [1.82, 2.24) is 9.24 Å². The maximum atomic E-state index is 12.9. The number of hydrogen-bond donors (Lipinski definition) is 1. The first kappa shape index (κ1) is 24.9. The number of ether oxygens (including phenoxy) is 2. The Balaban J connectivity index is 1.71. The van der Waals surface area contributed by atoms with Gasteiger partial charge < -0.3 is 14.0 Å². The Hall–Kier alpha value is -3.23. The molecule has 1 N–H and O–H groups in total. The lowest BCUT2D eigenvalue weighted by Gasteiger charge is -2.13. The van der Waals surface area contributed by atoms with Crippen molar-refractivity contribution in [3.63, 3.8) is 0 Å². The molecule has 1 amide bonds. The van der Waals surface area contributed by atoms with E-state index in [0.717, 1.165) is 28.3 Å². The van der Waals surface area contributed by atoms with Gasteiger partial charge in [0, 0.05) is 33.2 Å². The highest BCUT2D eigenvalue weighted by molar-refractivity contribution is 9.10. The predicted molar refractivity (Wildman–Crippen MR) is 140 cm³/mol. The molecule has 0 bridgehead atoms. The average Bonchev–Trinajstić information content (AvgIpc) is 3.28. The Morgan fingerprint density at radius 3 is 2.31 bits per heavy atom. The summed E-state index contributed by atoms with van der Waals surface area (Å²) in [6.45, 7) is 7.50. The van der Waals surface area contributed by atoms with Crippen molar-refractivity contribution in [1.29, 1.82) is 0 Å². The highest BCUT2D eigenvalue weighted by Crippen LogP contribution is 2.37. The molecular weight excluding hydrogens is 534 g/mol. The number of nitrogens with zero attached hydrogens (tertiary/aromatic N) is 2. The molecule has 35 heavy (non-hydrogen) atoms. The first-order valence-corrected chi connectivity index (χ1v) is 12.2. The van der Waals surface area contributed by atoms with Crippen LogP contribution < -0.4 is 10.2 Å². The Labute approximate surface area is 216 Å². The number of fused-ring (bicyclic) bond motifs is 1. The van der Waals surface area contributed by atoms with Gasteiger partial charge in [-0.2, -0.15) is 0 Å². The number of aromatic nitrogens is 2. The zero-order valence-corrected chi connectivity index (χ0v) is 22.2. The molecule has 0 unspecified atom stereocenters. The smallest absolute Gasteiger partial charge is 0.340 e. The molecule has 0 spiro atoms. The molecule has 0 saturated carbocycles. The Morgan fingerprint density at radius 2 is 1.69 bits per heavy atom. The van der Waals surface area contributed by atoms with Crippen LogP contribution in [0, 0.1) is 20.8 Å². The molecule has 7 nitrogen and oxygen atoms in total. The number of carbonyl (C=O) groups is 2. The monoisotopic (exact) mass is 557 g/mol. The van der Waals surface area contributed by atoms with E-state index >= 15 is 0 Å². The van der Waals surface area contributed by atoms with Crippen molar-refractivity contribution < 1.29 is 19.1 Å². The summed E-state index contributed by atoms with van der Waals surface area (Å²) in [6, 6.07) is 14.8. The van der Waals surface area contributed by atoms with Gasteiger partial charge in [-0.05, 0) is 92.2 Å². The van der Waals surface area contributed by atoms with Crippen molar-refractivity contribution >= 4 is 50.3 Å². The summed E-state index contributed by atoms with van der Waals surface area (Å²) >= 11 is 9.64. The molecule has 4 aromatic rings. The van der Waals surface area contributed by atoms with Gasteiger partial charge in [0.15, 0.2) is 6.61 Å². The predicted octanol–water partition coefficient (Wildman–Crippen LogP) is 6.10. The number of hydrogen-bond acceptors (Lipinski definition) is 4. The van der Waals surface area contributed by atoms with Crippen molar-refractivity contribution in [2.75, 3.05) is 18.6 Å². The number of esters is 1. The molecule has 0 aliphatic carbocycles. The second kappa shape index (κ2) is 10.2. The lowest BCUT2D eigenvalue weighted by molar-refractivity contribution is -0.119. The maximum Gasteiger partial charge on any atom is 0.340 e. The number of nitrogens with one attached hydrogen (secondary N) is 1. The van der Waals surface area contributed by atoms with Crippen LogP contribution in [-0.2, 0) is 9.53 Å². The van der Waals surface area contributed by atoms with Crippen molar-refractivity contribution in [3.05, 3.63) is 80.7 Å². The van der Waals surface area contributed by atoms with E-state index in [0.29, 0.717) is 26.2 Å². The summed E-state index contributed by atoms with van der Waals surface area (Å²) in [5, 5.41) is 1.28. The van der Waals surface area contributed by atoms with Gasteiger partial charge in [0.25, 0.3) is 5.91 Å². The highest BCUT2D eigenvalue weighted by Gasteiger charge is 2.24. The van der Waals surface area contributed by atoms with Crippen molar-refractivity contribution in [2.45, 2.75) is 27.7 Å². The van der Waals surface area contributed by atoms with Crippen LogP contribution >= 0.6 is 27.5 Å². The first-order chi connectivity index (χ1) is 16.7. The van der Waals surface area contributed by atoms with Crippen LogP contribution in [0.1, 0.15) is 34.4 Å². The summed E-state index contributed by atoms with van der Waals surface area (Å²) < 4.78 is 15.5. The Bertz CT molecular complexity index is 1400. The quantitative estimate of drug-likeness (QED) is 0.278. The van der Waals surface area contributed by atoms with Gasteiger partial charge in [-0.1, -0.05) is 11.6 Å². The standard InChI is InChI=1S/C26H25BrClN3O4/c1-5-34-26(33)25-17(4)30(19-10-8-18(28)9-11-19)22-13-21(27)23(12-20(22)25)35-14-24(32)29-31-15(2)6-7-16(31)3/h6-13H,5,14H2,1-4H3,(H,29,32). The molecule has 0 saturated heterocycles. The van der Waals surface area contributed by atoms with Gasteiger partial charge in [0.2, 0.25) is 0 Å². The molecule has 0 aliphatic rings.